The normalized spacial score (nSPS) is 11.1. The van der Waals surface area contributed by atoms with Crippen LogP contribution < -0.4 is 0 Å². The number of aromatic nitrogens is 10. The lowest BCUT2D eigenvalue weighted by Gasteiger charge is -2.10. The van der Waals surface area contributed by atoms with Crippen molar-refractivity contribution in [2.45, 2.75) is 83.1 Å². The smallest absolute Gasteiger partial charge is 0.144 e. The van der Waals surface area contributed by atoms with E-state index in [-0.39, 0.29) is 0 Å². The SMILES string of the molecule is Cc1c(C)n(-c2ccccc2)c2c1ccc1ccccc12.Cc1c(C)n(-c2ccccc2)c2cc3ccccc3cc12.Cc1c(C)n(-c2ccccc2)c2cccnc12.Cc1c(C)n(-c2ccccc2)c2ccncc12.Cc1c(C)n(-c2ccccc2)c2cnccc12.Cc1c(C)n(-c2ccccc2)c2ncccc12. The van der Waals surface area contributed by atoms with Crippen molar-refractivity contribution in [3.05, 3.63) is 396 Å². The van der Waals surface area contributed by atoms with Gasteiger partial charge in [0.25, 0.3) is 0 Å². The molecule has 0 aliphatic heterocycles. The Hall–Kier alpha value is -13.4. The Balaban J connectivity index is 0.000000105. The Kier molecular flexibility index (Phi) is 20.7. The van der Waals surface area contributed by atoms with Crippen molar-refractivity contribution < 1.29 is 0 Å². The van der Waals surface area contributed by atoms with E-state index in [1.165, 1.54) is 178 Å². The summed E-state index contributed by atoms with van der Waals surface area (Å²) in [5, 5.41) is 11.6. The molecule has 10 heteroatoms. The molecule has 540 valence electrons. The highest BCUT2D eigenvalue weighted by Crippen LogP contribution is 2.37. The molecule has 10 nitrogen and oxygen atoms in total. The molecule has 0 bridgehead atoms. The van der Waals surface area contributed by atoms with E-state index < -0.39 is 0 Å². The molecular weight excluding hydrogens is 1340 g/mol. The van der Waals surface area contributed by atoms with Crippen molar-refractivity contribution in [1.29, 1.82) is 0 Å². The summed E-state index contributed by atoms with van der Waals surface area (Å²) in [6, 6.07) is 101. The van der Waals surface area contributed by atoms with Crippen LogP contribution in [0.5, 0.6) is 0 Å². The van der Waals surface area contributed by atoms with Gasteiger partial charge in [0.2, 0.25) is 0 Å². The van der Waals surface area contributed by atoms with E-state index in [2.05, 4.69) is 385 Å². The molecule has 10 aromatic heterocycles. The molecule has 0 N–H and O–H groups in total. The van der Waals surface area contributed by atoms with Crippen LogP contribution in [0.3, 0.4) is 0 Å². The average molecular weight is 1430 g/mol. The number of aryl methyl sites for hydroxylation is 6. The van der Waals surface area contributed by atoms with Gasteiger partial charge in [-0.1, -0.05) is 170 Å². The third kappa shape index (κ3) is 13.7. The topological polar surface area (TPSA) is 81.1 Å². The predicted octanol–water partition coefficient (Wildman–Crippen LogP) is 25.4. The Labute approximate surface area is 643 Å². The summed E-state index contributed by atoms with van der Waals surface area (Å²) in [6.45, 7) is 26.0. The minimum Gasteiger partial charge on any atom is -0.314 e. The molecule has 0 amide bonds. The first kappa shape index (κ1) is 72.1. The third-order valence-electron chi connectivity index (χ3n) is 22.1. The first-order valence-corrected chi connectivity index (χ1v) is 37.7. The summed E-state index contributed by atoms with van der Waals surface area (Å²) < 4.78 is 13.8. The van der Waals surface area contributed by atoms with Crippen LogP contribution in [0.1, 0.15) is 67.5 Å². The molecule has 0 aliphatic rings. The van der Waals surface area contributed by atoms with Crippen LogP contribution in [-0.4, -0.2) is 47.3 Å². The highest BCUT2D eigenvalue weighted by Gasteiger charge is 2.19. The van der Waals surface area contributed by atoms with Gasteiger partial charge in [-0.25, -0.2) is 4.98 Å². The first-order valence-electron chi connectivity index (χ1n) is 37.7. The zero-order valence-electron chi connectivity index (χ0n) is 64.6. The van der Waals surface area contributed by atoms with Crippen molar-refractivity contribution in [3.8, 4) is 34.1 Å². The Morgan fingerprint density at radius 3 is 1.16 bits per heavy atom. The Bertz CT molecular complexity index is 6140. The van der Waals surface area contributed by atoms with Crippen molar-refractivity contribution in [2.75, 3.05) is 0 Å². The van der Waals surface area contributed by atoms with Gasteiger partial charge in [-0.05, 0) is 254 Å². The van der Waals surface area contributed by atoms with Gasteiger partial charge in [0.1, 0.15) is 5.65 Å². The van der Waals surface area contributed by atoms with Crippen LogP contribution in [0.4, 0.5) is 0 Å². The molecule has 0 saturated carbocycles. The molecule has 0 aliphatic carbocycles. The fraction of sp³-hybridized carbons (Fsp3) is 0.120. The lowest BCUT2D eigenvalue weighted by atomic mass is 10.1. The summed E-state index contributed by atoms with van der Waals surface area (Å²) in [7, 11) is 0. The highest BCUT2D eigenvalue weighted by molar-refractivity contribution is 6.08. The molecule has 20 rings (SSSR count). The Morgan fingerprint density at radius 1 is 0.209 bits per heavy atom. The van der Waals surface area contributed by atoms with Gasteiger partial charge < -0.3 is 22.8 Å². The maximum absolute atomic E-state index is 4.50. The molecule has 110 heavy (non-hydrogen) atoms. The van der Waals surface area contributed by atoms with E-state index in [0.717, 1.165) is 11.2 Å². The predicted molar refractivity (Wildman–Crippen MR) is 463 cm³/mol. The number of hydrogen-bond acceptors (Lipinski definition) is 4. The fourth-order valence-corrected chi connectivity index (χ4v) is 15.6. The molecule has 0 unspecified atom stereocenters. The van der Waals surface area contributed by atoms with Gasteiger partial charge in [0.15, 0.2) is 0 Å². The standard InChI is InChI=1S/2C20H17N.4C15H14N2/c1-14-15(2)21(18-10-4-3-5-11-18)20-13-17-9-7-6-8-16(17)12-19(14)20;1-14-15(2)21(17-9-4-3-5-10-17)20-18(14)13-12-16-8-6-7-11-19(16)20;1-11-12(2)17(13-7-4-3-5-8-13)14-9-6-10-16-15(11)14;1-11-12(2)17(13-7-4-3-5-8-13)15-14(11)9-6-10-16-15;1-11-12(2)17(13-6-4-3-5-7-13)15-8-9-16-10-14(11)15;1-11-12(2)17(13-6-4-3-5-7-13)15-10-16-9-8-14(11)15/h2*3-13H,1-2H3;4*3-10H,1-2H3. The van der Waals surface area contributed by atoms with Gasteiger partial charge in [0, 0.05) is 132 Å². The minimum absolute atomic E-state index is 1.04. The molecule has 10 aromatic carbocycles. The van der Waals surface area contributed by atoms with E-state index in [1.54, 1.807) is 0 Å². The van der Waals surface area contributed by atoms with E-state index in [9.17, 15) is 0 Å². The quantitative estimate of drug-likeness (QED) is 0.166. The number of benzene rings is 10. The summed E-state index contributed by atoms with van der Waals surface area (Å²) in [5.74, 6) is 0. The van der Waals surface area contributed by atoms with Crippen molar-refractivity contribution in [3.63, 3.8) is 0 Å². The Morgan fingerprint density at radius 2 is 0.591 bits per heavy atom. The van der Waals surface area contributed by atoms with Crippen molar-refractivity contribution in [2.24, 2.45) is 0 Å². The van der Waals surface area contributed by atoms with Gasteiger partial charge >= 0.3 is 0 Å². The van der Waals surface area contributed by atoms with E-state index >= 15 is 0 Å². The van der Waals surface area contributed by atoms with Crippen LogP contribution >= 0.6 is 0 Å². The molecule has 10 heterocycles. The fourth-order valence-electron chi connectivity index (χ4n) is 15.6. The van der Waals surface area contributed by atoms with E-state index in [0.29, 0.717) is 0 Å². The van der Waals surface area contributed by atoms with Crippen LogP contribution in [-0.2, 0) is 0 Å². The minimum atomic E-state index is 1.04. The lowest BCUT2D eigenvalue weighted by Crippen LogP contribution is -1.97. The number of pyridine rings is 4. The molecule has 0 fully saturated rings. The average Bonchev–Trinajstić information content (AvgIpc) is 1.60. The highest BCUT2D eigenvalue weighted by atomic mass is 15.1. The summed E-state index contributed by atoms with van der Waals surface area (Å²) in [5.41, 5.74) is 31.1. The van der Waals surface area contributed by atoms with Crippen molar-refractivity contribution >= 4 is 87.2 Å². The molecule has 20 aromatic rings. The van der Waals surface area contributed by atoms with Gasteiger partial charge in [-0.3, -0.25) is 19.5 Å². The number of rotatable bonds is 6. The number of fused-ring (bicyclic) bond motifs is 9. The zero-order chi connectivity index (χ0) is 76.1. The third-order valence-corrected chi connectivity index (χ3v) is 22.1. The van der Waals surface area contributed by atoms with Gasteiger partial charge in [0.05, 0.1) is 39.3 Å². The van der Waals surface area contributed by atoms with Gasteiger partial charge in [-0.2, -0.15) is 0 Å². The molecule has 0 atom stereocenters. The maximum Gasteiger partial charge on any atom is 0.144 e. The number of para-hydroxylation sites is 6. The van der Waals surface area contributed by atoms with Crippen LogP contribution in [0.15, 0.2) is 328 Å². The zero-order valence-corrected chi connectivity index (χ0v) is 64.6. The lowest BCUT2D eigenvalue weighted by molar-refractivity contribution is 1.02. The van der Waals surface area contributed by atoms with E-state index in [4.69, 9.17) is 0 Å². The molecule has 0 spiro atoms. The summed E-state index contributed by atoms with van der Waals surface area (Å²) in [6.07, 6.45) is 11.3. The maximum atomic E-state index is 4.50. The van der Waals surface area contributed by atoms with E-state index in [1.807, 2.05) is 73.6 Å². The second-order valence-corrected chi connectivity index (χ2v) is 28.2. The van der Waals surface area contributed by atoms with Gasteiger partial charge in [-0.15, -0.1) is 0 Å². The first-order chi connectivity index (χ1) is 53.7. The monoisotopic (exact) mass is 1430 g/mol. The van der Waals surface area contributed by atoms with Crippen molar-refractivity contribution in [1.82, 2.24) is 47.3 Å². The molecule has 0 saturated heterocycles. The van der Waals surface area contributed by atoms with Crippen LogP contribution in [0.2, 0.25) is 0 Å². The van der Waals surface area contributed by atoms with Crippen LogP contribution in [0, 0.1) is 83.1 Å². The largest absolute Gasteiger partial charge is 0.314 e. The number of nitrogens with zero attached hydrogens (tertiary/aromatic N) is 10. The molecule has 0 radical (unpaired) electrons. The second-order valence-electron chi connectivity index (χ2n) is 28.2. The summed E-state index contributed by atoms with van der Waals surface area (Å²) >= 11 is 0. The number of hydrogen-bond donors (Lipinski definition) is 0. The molecular formula is C100H90N10. The second kappa shape index (κ2) is 31.6. The summed E-state index contributed by atoms with van der Waals surface area (Å²) in [4.78, 5) is 17.4. The van der Waals surface area contributed by atoms with Crippen LogP contribution in [0.25, 0.3) is 121 Å².